The van der Waals surface area contributed by atoms with Crippen molar-refractivity contribution in [3.05, 3.63) is 84.0 Å². The number of aromatic nitrogens is 4. The lowest BCUT2D eigenvalue weighted by atomic mass is 10.0. The van der Waals surface area contributed by atoms with Gasteiger partial charge in [0.15, 0.2) is 0 Å². The second-order valence-corrected chi connectivity index (χ2v) is 8.34. The number of benzene rings is 2. The summed E-state index contributed by atoms with van der Waals surface area (Å²) in [7, 11) is 0. The summed E-state index contributed by atoms with van der Waals surface area (Å²) in [6, 6.07) is 20.4. The number of amides is 1. The fourth-order valence-corrected chi connectivity index (χ4v) is 4.14. The number of carbonyl (C=O) groups is 1. The fourth-order valence-electron chi connectivity index (χ4n) is 4.14. The first-order valence-electron chi connectivity index (χ1n) is 11.2. The summed E-state index contributed by atoms with van der Waals surface area (Å²) in [5, 5.41) is 11.6. The highest BCUT2D eigenvalue weighted by Gasteiger charge is 2.24. The molecule has 1 amide bonds. The van der Waals surface area contributed by atoms with Crippen LogP contribution in [0.5, 0.6) is 0 Å². The molecule has 2 aromatic carbocycles. The molecule has 0 saturated carbocycles. The quantitative estimate of drug-likeness (QED) is 0.491. The first kappa shape index (κ1) is 21.1. The summed E-state index contributed by atoms with van der Waals surface area (Å²) in [6.07, 6.45) is 3.63. The molecule has 5 rings (SSSR count). The van der Waals surface area contributed by atoms with Crippen molar-refractivity contribution < 1.29 is 9.32 Å². The van der Waals surface area contributed by atoms with Crippen LogP contribution in [0, 0.1) is 6.92 Å². The second kappa shape index (κ2) is 9.38. The molecule has 3 heterocycles. The van der Waals surface area contributed by atoms with E-state index in [2.05, 4.69) is 49.7 Å². The third kappa shape index (κ3) is 4.85. The zero-order chi connectivity index (χ0) is 22.6. The summed E-state index contributed by atoms with van der Waals surface area (Å²) in [6.45, 7) is 4.69. The number of piperidine rings is 1. The summed E-state index contributed by atoms with van der Waals surface area (Å²) in [4.78, 5) is 19.4. The van der Waals surface area contributed by atoms with Gasteiger partial charge in [0.05, 0.1) is 16.9 Å². The summed E-state index contributed by atoms with van der Waals surface area (Å²) >= 11 is 0. The van der Waals surface area contributed by atoms with E-state index in [1.165, 1.54) is 5.56 Å². The van der Waals surface area contributed by atoms with Crippen LogP contribution in [0.15, 0.2) is 71.4 Å². The molecule has 1 aliphatic heterocycles. The van der Waals surface area contributed by atoms with Crippen molar-refractivity contribution in [1.29, 1.82) is 0 Å². The van der Waals surface area contributed by atoms with Crippen LogP contribution in [-0.4, -0.2) is 49.9 Å². The van der Waals surface area contributed by atoms with Gasteiger partial charge in [0.2, 0.25) is 5.82 Å². The fraction of sp³-hybridized carbons (Fsp3) is 0.280. The molecule has 168 valence electrons. The SMILES string of the molecule is Cc1nn(-c2ccccc2)cc1-c1noc(C(=O)NC2CCN(Cc3ccccc3)CC2)n1. The molecule has 2 aromatic heterocycles. The summed E-state index contributed by atoms with van der Waals surface area (Å²) < 4.78 is 7.04. The van der Waals surface area contributed by atoms with Crippen LogP contribution in [-0.2, 0) is 6.54 Å². The number of nitrogens with zero attached hydrogens (tertiary/aromatic N) is 5. The highest BCUT2D eigenvalue weighted by molar-refractivity contribution is 5.90. The van der Waals surface area contributed by atoms with E-state index >= 15 is 0 Å². The molecule has 0 atom stereocenters. The Kier molecular flexibility index (Phi) is 5.99. The first-order chi connectivity index (χ1) is 16.2. The normalized spacial score (nSPS) is 14.9. The minimum absolute atomic E-state index is 0.0245. The molecule has 8 heteroatoms. The van der Waals surface area contributed by atoms with Crippen molar-refractivity contribution >= 4 is 5.91 Å². The van der Waals surface area contributed by atoms with Crippen molar-refractivity contribution in [2.75, 3.05) is 13.1 Å². The van der Waals surface area contributed by atoms with Gasteiger partial charge in [-0.05, 0) is 37.5 Å². The van der Waals surface area contributed by atoms with E-state index in [9.17, 15) is 4.79 Å². The van der Waals surface area contributed by atoms with E-state index in [0.29, 0.717) is 5.82 Å². The van der Waals surface area contributed by atoms with Gasteiger partial charge in [-0.15, -0.1) is 0 Å². The average molecular weight is 443 g/mol. The van der Waals surface area contributed by atoms with Crippen LogP contribution >= 0.6 is 0 Å². The van der Waals surface area contributed by atoms with Crippen molar-refractivity contribution in [3.63, 3.8) is 0 Å². The lowest BCUT2D eigenvalue weighted by Gasteiger charge is -2.32. The predicted octanol–water partition coefficient (Wildman–Crippen LogP) is 3.63. The molecule has 0 radical (unpaired) electrons. The highest BCUT2D eigenvalue weighted by atomic mass is 16.5. The van der Waals surface area contributed by atoms with Gasteiger partial charge in [-0.25, -0.2) is 4.68 Å². The number of hydrogen-bond donors (Lipinski definition) is 1. The number of carbonyl (C=O) groups excluding carboxylic acids is 1. The lowest BCUT2D eigenvalue weighted by Crippen LogP contribution is -2.44. The minimum Gasteiger partial charge on any atom is -0.345 e. The molecule has 0 aliphatic carbocycles. The van der Waals surface area contributed by atoms with E-state index in [1.54, 1.807) is 4.68 Å². The highest BCUT2D eigenvalue weighted by Crippen LogP contribution is 2.22. The molecule has 1 fully saturated rings. The van der Waals surface area contributed by atoms with E-state index in [1.807, 2.05) is 49.5 Å². The molecule has 0 spiro atoms. The maximum absolute atomic E-state index is 12.7. The number of aryl methyl sites for hydroxylation is 1. The van der Waals surface area contributed by atoms with Gasteiger partial charge < -0.3 is 9.84 Å². The number of para-hydroxylation sites is 1. The maximum atomic E-state index is 12.7. The third-order valence-corrected chi connectivity index (χ3v) is 5.95. The Morgan fingerprint density at radius 1 is 1.06 bits per heavy atom. The Bertz CT molecular complexity index is 1210. The van der Waals surface area contributed by atoms with E-state index in [-0.39, 0.29) is 17.8 Å². The largest absolute Gasteiger partial charge is 0.345 e. The van der Waals surface area contributed by atoms with Crippen LogP contribution in [0.1, 0.15) is 34.8 Å². The Morgan fingerprint density at radius 2 is 1.76 bits per heavy atom. The Hall–Kier alpha value is -3.78. The standard InChI is InChI=1S/C25H26N6O2/c1-18-22(17-31(28-18)21-10-6-3-7-11-21)23-27-25(33-29-23)24(32)26-20-12-14-30(15-13-20)16-19-8-4-2-5-9-19/h2-11,17,20H,12-16H2,1H3,(H,26,32). The van der Waals surface area contributed by atoms with Crippen molar-refractivity contribution in [2.45, 2.75) is 32.4 Å². The zero-order valence-electron chi connectivity index (χ0n) is 18.5. The average Bonchev–Trinajstić information content (AvgIpc) is 3.49. The van der Waals surface area contributed by atoms with Crippen molar-refractivity contribution in [3.8, 4) is 17.1 Å². The predicted molar refractivity (Wildman–Crippen MR) is 124 cm³/mol. The van der Waals surface area contributed by atoms with Crippen molar-refractivity contribution in [1.82, 2.24) is 30.1 Å². The van der Waals surface area contributed by atoms with Gasteiger partial charge in [-0.2, -0.15) is 10.1 Å². The van der Waals surface area contributed by atoms with E-state index in [4.69, 9.17) is 4.52 Å². The molecule has 0 bridgehead atoms. The third-order valence-electron chi connectivity index (χ3n) is 5.95. The number of rotatable bonds is 6. The molecule has 8 nitrogen and oxygen atoms in total. The number of likely N-dealkylation sites (tertiary alicyclic amines) is 1. The topological polar surface area (TPSA) is 89.1 Å². The molecule has 1 saturated heterocycles. The molecule has 4 aromatic rings. The van der Waals surface area contributed by atoms with E-state index in [0.717, 1.165) is 49.4 Å². The first-order valence-corrected chi connectivity index (χ1v) is 11.2. The smallest absolute Gasteiger partial charge is 0.316 e. The van der Waals surface area contributed by atoms with Gasteiger partial charge >= 0.3 is 11.8 Å². The molecular weight excluding hydrogens is 416 g/mol. The van der Waals surface area contributed by atoms with Crippen LogP contribution in [0.4, 0.5) is 0 Å². The van der Waals surface area contributed by atoms with Gasteiger partial charge in [-0.1, -0.05) is 53.7 Å². The Balaban J connectivity index is 1.19. The van der Waals surface area contributed by atoms with Crippen LogP contribution in [0.3, 0.4) is 0 Å². The van der Waals surface area contributed by atoms with Crippen LogP contribution in [0.2, 0.25) is 0 Å². The molecule has 1 aliphatic rings. The molecular formula is C25H26N6O2. The summed E-state index contributed by atoms with van der Waals surface area (Å²) in [5.74, 6) is 0.00412. The minimum atomic E-state index is -0.330. The van der Waals surface area contributed by atoms with Gasteiger partial charge in [0.25, 0.3) is 0 Å². The maximum Gasteiger partial charge on any atom is 0.316 e. The Morgan fingerprint density at radius 3 is 2.48 bits per heavy atom. The van der Waals surface area contributed by atoms with Gasteiger partial charge in [0, 0.05) is 31.9 Å². The summed E-state index contributed by atoms with van der Waals surface area (Å²) in [5.41, 5.74) is 3.74. The monoisotopic (exact) mass is 442 g/mol. The molecule has 1 N–H and O–H groups in total. The van der Waals surface area contributed by atoms with Crippen LogP contribution in [0.25, 0.3) is 17.1 Å². The van der Waals surface area contributed by atoms with Gasteiger partial charge in [-0.3, -0.25) is 9.69 Å². The van der Waals surface area contributed by atoms with Gasteiger partial charge in [0.1, 0.15) is 0 Å². The van der Waals surface area contributed by atoms with Crippen LogP contribution < -0.4 is 5.32 Å². The number of hydrogen-bond acceptors (Lipinski definition) is 6. The lowest BCUT2D eigenvalue weighted by molar-refractivity contribution is 0.0865. The second-order valence-electron chi connectivity index (χ2n) is 8.34. The molecule has 33 heavy (non-hydrogen) atoms. The van der Waals surface area contributed by atoms with Crippen molar-refractivity contribution in [2.24, 2.45) is 0 Å². The Labute approximate surface area is 192 Å². The zero-order valence-corrected chi connectivity index (χ0v) is 18.5. The molecule has 0 unspecified atom stereocenters. The van der Waals surface area contributed by atoms with E-state index < -0.39 is 0 Å². The number of nitrogens with one attached hydrogen (secondary N) is 1.